The van der Waals surface area contributed by atoms with E-state index >= 15 is 0 Å². The van der Waals surface area contributed by atoms with Gasteiger partial charge in [0.15, 0.2) is 5.16 Å². The van der Waals surface area contributed by atoms with Crippen LogP contribution in [0.15, 0.2) is 46.0 Å². The molecule has 0 bridgehead atoms. The topological polar surface area (TPSA) is 72.5 Å². The van der Waals surface area contributed by atoms with Gasteiger partial charge in [0.2, 0.25) is 11.7 Å². The van der Waals surface area contributed by atoms with Gasteiger partial charge in [-0.25, -0.2) is 0 Å². The fraction of sp³-hybridized carbons (Fsp3) is 0.368. The fourth-order valence-electron chi connectivity index (χ4n) is 3.55. The first kappa shape index (κ1) is 17.8. The number of thioether (sulfide) groups is 1. The number of rotatable bonds is 5. The Kier molecular flexibility index (Phi) is 4.73. The summed E-state index contributed by atoms with van der Waals surface area (Å²) in [4.78, 5) is 27.1. The lowest BCUT2D eigenvalue weighted by atomic mass is 10.2. The number of hydrogen-bond donors (Lipinski definition) is 0. The first-order valence-electron chi connectivity index (χ1n) is 9.07. The Hall–Kier alpha value is -2.61. The molecule has 0 aliphatic heterocycles. The minimum Gasteiger partial charge on any atom is -0.316 e. The largest absolute Gasteiger partial charge is 0.316 e. The maximum Gasteiger partial charge on any atom is 0.262 e. The van der Waals surface area contributed by atoms with Gasteiger partial charge in [-0.3, -0.25) is 18.6 Å². The van der Waals surface area contributed by atoms with E-state index in [0.717, 1.165) is 30.5 Å². The Bertz CT molecular complexity index is 1110. The van der Waals surface area contributed by atoms with Gasteiger partial charge in [0.1, 0.15) is 0 Å². The highest BCUT2D eigenvalue weighted by molar-refractivity contribution is 7.99. The molecule has 2 aromatic heterocycles. The zero-order valence-electron chi connectivity index (χ0n) is 15.4. The zero-order valence-corrected chi connectivity index (χ0v) is 16.2. The minimum absolute atomic E-state index is 0.0709. The van der Waals surface area contributed by atoms with Crippen LogP contribution in [0.2, 0.25) is 0 Å². The molecule has 7 nitrogen and oxygen atoms in total. The molecule has 8 heteroatoms. The molecule has 0 saturated carbocycles. The van der Waals surface area contributed by atoms with Gasteiger partial charge in [0.25, 0.3) is 5.56 Å². The van der Waals surface area contributed by atoms with E-state index in [4.69, 9.17) is 0 Å². The average Bonchev–Trinajstić information content (AvgIpc) is 3.35. The predicted octanol–water partition coefficient (Wildman–Crippen LogP) is 2.59. The van der Waals surface area contributed by atoms with Gasteiger partial charge in [-0.1, -0.05) is 30.0 Å². The molecule has 0 N–H and O–H groups in total. The smallest absolute Gasteiger partial charge is 0.262 e. The molecule has 0 spiro atoms. The van der Waals surface area contributed by atoms with Crippen molar-refractivity contribution in [1.82, 2.24) is 24.1 Å². The van der Waals surface area contributed by atoms with Crippen molar-refractivity contribution < 1.29 is 4.79 Å². The van der Waals surface area contributed by atoms with Crippen molar-refractivity contribution in [2.24, 2.45) is 7.05 Å². The molecule has 4 rings (SSSR count). The molecular weight excluding hydrogens is 362 g/mol. The van der Waals surface area contributed by atoms with Crippen LogP contribution in [0.4, 0.5) is 0 Å². The lowest BCUT2D eigenvalue weighted by Gasteiger charge is -2.21. The van der Waals surface area contributed by atoms with Crippen LogP contribution in [0.1, 0.15) is 26.2 Å². The molecule has 140 valence electrons. The Morgan fingerprint density at radius 2 is 2.11 bits per heavy atom. The summed E-state index contributed by atoms with van der Waals surface area (Å²) in [5.74, 6) is 0.824. The van der Waals surface area contributed by atoms with E-state index in [1.807, 2.05) is 34.4 Å². The van der Waals surface area contributed by atoms with Gasteiger partial charge in [0.05, 0.1) is 16.7 Å². The molecule has 1 amide bonds. The molecule has 0 fully saturated rings. The Morgan fingerprint density at radius 1 is 1.30 bits per heavy atom. The first-order chi connectivity index (χ1) is 13.1. The number of benzene rings is 1. The summed E-state index contributed by atoms with van der Waals surface area (Å²) in [5, 5.41) is 9.62. The van der Waals surface area contributed by atoms with Gasteiger partial charge in [-0.05, 0) is 38.3 Å². The summed E-state index contributed by atoms with van der Waals surface area (Å²) in [5.41, 5.74) is 1.77. The number of hydrogen-bond acceptors (Lipinski definition) is 5. The van der Waals surface area contributed by atoms with Gasteiger partial charge in [-0.2, -0.15) is 0 Å². The second-order valence-electron chi connectivity index (χ2n) is 6.51. The van der Waals surface area contributed by atoms with Crippen molar-refractivity contribution in [1.29, 1.82) is 0 Å². The molecule has 0 radical (unpaired) electrons. The van der Waals surface area contributed by atoms with Crippen LogP contribution in [-0.4, -0.2) is 42.3 Å². The van der Waals surface area contributed by atoms with E-state index < -0.39 is 0 Å². The number of carbonyl (C=O) groups excluding carboxylic acids is 1. The highest BCUT2D eigenvalue weighted by atomic mass is 32.2. The van der Waals surface area contributed by atoms with Crippen LogP contribution in [0.25, 0.3) is 16.7 Å². The summed E-state index contributed by atoms with van der Waals surface area (Å²) in [6.45, 7) is 2.67. The molecule has 1 aliphatic rings. The van der Waals surface area contributed by atoms with Crippen molar-refractivity contribution in [2.45, 2.75) is 31.3 Å². The fourth-order valence-corrected chi connectivity index (χ4v) is 4.36. The second-order valence-corrected chi connectivity index (χ2v) is 7.46. The van der Waals surface area contributed by atoms with Crippen LogP contribution >= 0.6 is 11.8 Å². The van der Waals surface area contributed by atoms with Crippen molar-refractivity contribution in [3.05, 3.63) is 46.4 Å². The van der Waals surface area contributed by atoms with E-state index in [-0.39, 0.29) is 17.2 Å². The van der Waals surface area contributed by atoms with Crippen LogP contribution < -0.4 is 5.56 Å². The number of fused-ring (bicyclic) bond motifs is 3. The van der Waals surface area contributed by atoms with Crippen LogP contribution in [-0.2, 0) is 11.8 Å². The van der Waals surface area contributed by atoms with Gasteiger partial charge < -0.3 is 4.90 Å². The molecule has 0 atom stereocenters. The number of nitrogens with zero attached hydrogens (tertiary/aromatic N) is 5. The molecule has 1 aromatic carbocycles. The highest BCUT2D eigenvalue weighted by Gasteiger charge is 2.21. The minimum atomic E-state index is -0.108. The Balaban J connectivity index is 1.67. The molecule has 2 heterocycles. The van der Waals surface area contributed by atoms with Gasteiger partial charge >= 0.3 is 0 Å². The standard InChI is InChI=1S/C19H21N5O2S/c1-3-23(13-8-4-5-9-13)16(25)12-27-19-21-20-18-22(2)17(26)14-10-6-7-11-15(14)24(18)19/h6-8,10-11H,3-5,9,12H2,1-2H3. The monoisotopic (exact) mass is 383 g/mol. The lowest BCUT2D eigenvalue weighted by Crippen LogP contribution is -2.31. The normalized spacial score (nSPS) is 14.1. The third-order valence-electron chi connectivity index (χ3n) is 4.90. The number of allylic oxidation sites excluding steroid dienone is 2. The SMILES string of the molecule is CCN(C(=O)CSc1nnc2n(C)c(=O)c3ccccc3n12)C1=CCCC1. The summed E-state index contributed by atoms with van der Waals surface area (Å²) in [7, 11) is 1.68. The Labute approximate surface area is 160 Å². The molecule has 0 saturated heterocycles. The van der Waals surface area contributed by atoms with Crippen LogP contribution in [0, 0.1) is 0 Å². The molecule has 27 heavy (non-hydrogen) atoms. The van der Waals surface area contributed by atoms with E-state index in [0.29, 0.717) is 22.9 Å². The number of carbonyl (C=O) groups is 1. The molecule has 0 unspecified atom stereocenters. The summed E-state index contributed by atoms with van der Waals surface area (Å²) in [6.07, 6.45) is 5.27. The number of para-hydroxylation sites is 1. The van der Waals surface area contributed by atoms with Crippen LogP contribution in [0.5, 0.6) is 0 Å². The quantitative estimate of drug-likeness (QED) is 0.633. The lowest BCUT2D eigenvalue weighted by molar-refractivity contribution is -0.126. The summed E-state index contributed by atoms with van der Waals surface area (Å²) >= 11 is 1.35. The molecule has 1 aliphatic carbocycles. The maximum absolute atomic E-state index is 12.7. The Morgan fingerprint density at radius 3 is 2.85 bits per heavy atom. The second kappa shape index (κ2) is 7.19. The van der Waals surface area contributed by atoms with Gasteiger partial charge in [0, 0.05) is 19.3 Å². The van der Waals surface area contributed by atoms with E-state index in [9.17, 15) is 9.59 Å². The zero-order chi connectivity index (χ0) is 19.0. The van der Waals surface area contributed by atoms with E-state index in [1.165, 1.54) is 16.3 Å². The highest BCUT2D eigenvalue weighted by Crippen LogP contribution is 2.25. The maximum atomic E-state index is 12.7. The van der Waals surface area contributed by atoms with Crippen molar-refractivity contribution in [2.75, 3.05) is 12.3 Å². The average molecular weight is 383 g/mol. The third kappa shape index (κ3) is 3.03. The van der Waals surface area contributed by atoms with E-state index in [2.05, 4.69) is 16.3 Å². The molecular formula is C19H21N5O2S. The predicted molar refractivity (Wildman–Crippen MR) is 106 cm³/mol. The first-order valence-corrected chi connectivity index (χ1v) is 10.1. The van der Waals surface area contributed by atoms with Crippen molar-refractivity contribution in [3.8, 4) is 0 Å². The number of amides is 1. The molecule has 3 aromatic rings. The van der Waals surface area contributed by atoms with Crippen LogP contribution in [0.3, 0.4) is 0 Å². The van der Waals surface area contributed by atoms with Crippen molar-refractivity contribution >= 4 is 34.3 Å². The number of aryl methyl sites for hydroxylation is 1. The summed E-state index contributed by atoms with van der Waals surface area (Å²) in [6, 6.07) is 7.39. The third-order valence-corrected chi connectivity index (χ3v) is 5.82. The van der Waals surface area contributed by atoms with E-state index in [1.54, 1.807) is 13.1 Å². The summed E-state index contributed by atoms with van der Waals surface area (Å²) < 4.78 is 3.34. The number of aromatic nitrogens is 4. The van der Waals surface area contributed by atoms with Gasteiger partial charge in [-0.15, -0.1) is 10.2 Å². The van der Waals surface area contributed by atoms with Crippen molar-refractivity contribution in [3.63, 3.8) is 0 Å².